The fourth-order valence-corrected chi connectivity index (χ4v) is 2.08. The van der Waals surface area contributed by atoms with Gasteiger partial charge in [-0.2, -0.15) is 5.26 Å². The van der Waals surface area contributed by atoms with E-state index in [0.717, 1.165) is 16.9 Å². The topological polar surface area (TPSA) is 59.0 Å². The first-order valence-electron chi connectivity index (χ1n) is 6.68. The molecule has 0 aromatic heterocycles. The SMILES string of the molecule is Cc1cc([C@@H](C)N)ccc1OCc1cc(F)cc(C#N)c1. The number of ether oxygens (including phenoxy) is 1. The van der Waals surface area contributed by atoms with Gasteiger partial charge in [-0.3, -0.25) is 0 Å². The molecule has 2 aromatic rings. The van der Waals surface area contributed by atoms with Crippen LogP contribution in [0.4, 0.5) is 4.39 Å². The van der Waals surface area contributed by atoms with Crippen LogP contribution in [-0.2, 0) is 6.61 Å². The predicted octanol–water partition coefficient (Wildman–Crippen LogP) is 3.60. The summed E-state index contributed by atoms with van der Waals surface area (Å²) in [6.07, 6.45) is 0. The van der Waals surface area contributed by atoms with Crippen molar-refractivity contribution in [2.75, 3.05) is 0 Å². The fraction of sp³-hybridized carbons (Fsp3) is 0.235. The summed E-state index contributed by atoms with van der Waals surface area (Å²) in [5, 5.41) is 8.83. The molecule has 0 saturated carbocycles. The smallest absolute Gasteiger partial charge is 0.124 e. The molecule has 0 aliphatic heterocycles. The van der Waals surface area contributed by atoms with E-state index in [2.05, 4.69) is 0 Å². The zero-order chi connectivity index (χ0) is 15.4. The summed E-state index contributed by atoms with van der Waals surface area (Å²) >= 11 is 0. The highest BCUT2D eigenvalue weighted by Gasteiger charge is 2.06. The molecule has 0 aliphatic rings. The van der Waals surface area contributed by atoms with Crippen LogP contribution in [0.25, 0.3) is 0 Å². The molecule has 0 radical (unpaired) electrons. The number of nitrogens with two attached hydrogens (primary N) is 1. The van der Waals surface area contributed by atoms with Crippen LogP contribution in [0.15, 0.2) is 36.4 Å². The predicted molar refractivity (Wildman–Crippen MR) is 79.2 cm³/mol. The second-order valence-electron chi connectivity index (χ2n) is 5.06. The summed E-state index contributed by atoms with van der Waals surface area (Å²) < 4.78 is 19.0. The van der Waals surface area contributed by atoms with Gasteiger partial charge in [0, 0.05) is 6.04 Å². The van der Waals surface area contributed by atoms with Gasteiger partial charge < -0.3 is 10.5 Å². The van der Waals surface area contributed by atoms with E-state index in [-0.39, 0.29) is 18.2 Å². The molecule has 1 atom stereocenters. The van der Waals surface area contributed by atoms with Crippen molar-refractivity contribution in [3.05, 3.63) is 64.5 Å². The second-order valence-corrected chi connectivity index (χ2v) is 5.06. The maximum Gasteiger partial charge on any atom is 0.124 e. The van der Waals surface area contributed by atoms with E-state index in [4.69, 9.17) is 15.7 Å². The molecule has 2 rings (SSSR count). The van der Waals surface area contributed by atoms with Crippen molar-refractivity contribution in [3.63, 3.8) is 0 Å². The average molecular weight is 284 g/mol. The largest absolute Gasteiger partial charge is 0.489 e. The summed E-state index contributed by atoms with van der Waals surface area (Å²) in [5.74, 6) is 0.291. The molecule has 0 amide bonds. The van der Waals surface area contributed by atoms with Crippen LogP contribution in [0.1, 0.15) is 35.2 Å². The zero-order valence-corrected chi connectivity index (χ0v) is 12.1. The first kappa shape index (κ1) is 15.0. The highest BCUT2D eigenvalue weighted by molar-refractivity contribution is 5.38. The third kappa shape index (κ3) is 3.80. The van der Waals surface area contributed by atoms with Gasteiger partial charge in [-0.15, -0.1) is 0 Å². The highest BCUT2D eigenvalue weighted by Crippen LogP contribution is 2.23. The molecule has 21 heavy (non-hydrogen) atoms. The third-order valence-electron chi connectivity index (χ3n) is 3.21. The highest BCUT2D eigenvalue weighted by atomic mass is 19.1. The Morgan fingerprint density at radius 3 is 2.67 bits per heavy atom. The summed E-state index contributed by atoms with van der Waals surface area (Å²) in [4.78, 5) is 0. The summed E-state index contributed by atoms with van der Waals surface area (Å²) in [5.41, 5.74) is 8.76. The van der Waals surface area contributed by atoms with Gasteiger partial charge in [-0.1, -0.05) is 12.1 Å². The molecule has 4 heteroatoms. The molecule has 0 unspecified atom stereocenters. The molecule has 0 saturated heterocycles. The van der Waals surface area contributed by atoms with E-state index in [1.807, 2.05) is 38.1 Å². The first-order chi connectivity index (χ1) is 9.99. The Morgan fingerprint density at radius 1 is 1.29 bits per heavy atom. The molecule has 0 bridgehead atoms. The molecule has 0 fully saturated rings. The summed E-state index contributed by atoms with van der Waals surface area (Å²) in [6.45, 7) is 4.07. The van der Waals surface area contributed by atoms with Crippen molar-refractivity contribution < 1.29 is 9.13 Å². The fourth-order valence-electron chi connectivity index (χ4n) is 2.08. The molecule has 3 nitrogen and oxygen atoms in total. The van der Waals surface area contributed by atoms with E-state index in [0.29, 0.717) is 5.56 Å². The number of benzene rings is 2. The van der Waals surface area contributed by atoms with Crippen LogP contribution in [0, 0.1) is 24.1 Å². The van der Waals surface area contributed by atoms with Crippen molar-refractivity contribution in [1.29, 1.82) is 5.26 Å². The number of aryl methyl sites for hydroxylation is 1. The van der Waals surface area contributed by atoms with Gasteiger partial charge in [0.2, 0.25) is 0 Å². The molecule has 0 heterocycles. The maximum atomic E-state index is 13.3. The molecular weight excluding hydrogens is 267 g/mol. The molecule has 0 aliphatic carbocycles. The number of nitriles is 1. The number of hydrogen-bond acceptors (Lipinski definition) is 3. The minimum Gasteiger partial charge on any atom is -0.489 e. The third-order valence-corrected chi connectivity index (χ3v) is 3.21. The van der Waals surface area contributed by atoms with E-state index in [1.54, 1.807) is 6.07 Å². The summed E-state index contributed by atoms with van der Waals surface area (Å²) in [6, 6.07) is 11.8. The zero-order valence-electron chi connectivity index (χ0n) is 12.1. The van der Waals surface area contributed by atoms with E-state index < -0.39 is 5.82 Å². The van der Waals surface area contributed by atoms with Gasteiger partial charge in [0.25, 0.3) is 0 Å². The van der Waals surface area contributed by atoms with Gasteiger partial charge in [0.05, 0.1) is 11.6 Å². The standard InChI is InChI=1S/C17H17FN2O/c1-11-5-15(12(2)20)3-4-17(11)21-10-14-6-13(9-19)7-16(18)8-14/h3-8,12H,10,20H2,1-2H3/t12-/m1/s1. The Balaban J connectivity index is 2.13. The molecule has 0 spiro atoms. The van der Waals surface area contributed by atoms with E-state index in [1.165, 1.54) is 12.1 Å². The monoisotopic (exact) mass is 284 g/mol. The quantitative estimate of drug-likeness (QED) is 0.933. The van der Waals surface area contributed by atoms with Crippen LogP contribution < -0.4 is 10.5 Å². The van der Waals surface area contributed by atoms with Gasteiger partial charge in [0.15, 0.2) is 0 Å². The Morgan fingerprint density at radius 2 is 2.05 bits per heavy atom. The Labute approximate surface area is 123 Å². The lowest BCUT2D eigenvalue weighted by atomic mass is 10.1. The van der Waals surface area contributed by atoms with Gasteiger partial charge in [-0.25, -0.2) is 4.39 Å². The van der Waals surface area contributed by atoms with Crippen LogP contribution >= 0.6 is 0 Å². The first-order valence-corrected chi connectivity index (χ1v) is 6.68. The molecule has 108 valence electrons. The van der Waals surface area contributed by atoms with E-state index in [9.17, 15) is 4.39 Å². The lowest BCUT2D eigenvalue weighted by molar-refractivity contribution is 0.303. The van der Waals surface area contributed by atoms with Crippen LogP contribution in [-0.4, -0.2) is 0 Å². The van der Waals surface area contributed by atoms with Crippen LogP contribution in [0.5, 0.6) is 5.75 Å². The second kappa shape index (κ2) is 6.38. The number of hydrogen-bond donors (Lipinski definition) is 1. The summed E-state index contributed by atoms with van der Waals surface area (Å²) in [7, 11) is 0. The van der Waals surface area contributed by atoms with Crippen molar-refractivity contribution in [2.45, 2.75) is 26.5 Å². The minimum atomic E-state index is -0.434. The molecular formula is C17H17FN2O. The number of rotatable bonds is 4. The molecule has 2 N–H and O–H groups in total. The van der Waals surface area contributed by atoms with Gasteiger partial charge >= 0.3 is 0 Å². The van der Waals surface area contributed by atoms with Crippen molar-refractivity contribution in [3.8, 4) is 11.8 Å². The Hall–Kier alpha value is -2.38. The van der Waals surface area contributed by atoms with Crippen molar-refractivity contribution >= 4 is 0 Å². The number of nitrogens with zero attached hydrogens (tertiary/aromatic N) is 1. The Bertz CT molecular complexity index is 690. The maximum absolute atomic E-state index is 13.3. The van der Waals surface area contributed by atoms with E-state index >= 15 is 0 Å². The minimum absolute atomic E-state index is 0.0286. The van der Waals surface area contributed by atoms with Gasteiger partial charge in [-0.05, 0) is 54.8 Å². The van der Waals surface area contributed by atoms with Crippen LogP contribution in [0.3, 0.4) is 0 Å². The Kier molecular flexibility index (Phi) is 4.56. The lowest BCUT2D eigenvalue weighted by Crippen LogP contribution is -2.05. The van der Waals surface area contributed by atoms with Crippen LogP contribution in [0.2, 0.25) is 0 Å². The van der Waals surface area contributed by atoms with Crippen molar-refractivity contribution in [2.24, 2.45) is 5.73 Å². The number of halogens is 1. The average Bonchev–Trinajstić information content (AvgIpc) is 2.45. The van der Waals surface area contributed by atoms with Gasteiger partial charge in [0.1, 0.15) is 18.2 Å². The normalized spacial score (nSPS) is 11.8. The van der Waals surface area contributed by atoms with Crippen molar-refractivity contribution in [1.82, 2.24) is 0 Å². The lowest BCUT2D eigenvalue weighted by Gasteiger charge is -2.12. The molecule has 2 aromatic carbocycles.